The average Bonchev–Trinajstić information content (AvgIpc) is 2.58. The van der Waals surface area contributed by atoms with Crippen molar-refractivity contribution in [3.8, 4) is 0 Å². The van der Waals surface area contributed by atoms with E-state index in [1.54, 1.807) is 0 Å². The number of benzene rings is 2. The van der Waals surface area contributed by atoms with Gasteiger partial charge in [0.2, 0.25) is 0 Å². The van der Waals surface area contributed by atoms with Crippen LogP contribution >= 0.6 is 0 Å². The number of carbonyl (C=O) groups excluding carboxylic acids is 1. The first kappa shape index (κ1) is 15.8. The molecular weight excluding hydrogens is 286 g/mol. The predicted octanol–water partition coefficient (Wildman–Crippen LogP) is 3.39. The van der Waals surface area contributed by atoms with Crippen LogP contribution in [0.4, 0.5) is 0 Å². The first-order valence-electron chi connectivity index (χ1n) is 8.15. The summed E-state index contributed by atoms with van der Waals surface area (Å²) in [5.74, 6) is 0.106. The summed E-state index contributed by atoms with van der Waals surface area (Å²) in [5, 5.41) is 0. The molecular formula is C20H23NO2. The maximum atomic E-state index is 12.7. The molecule has 3 rings (SSSR count). The van der Waals surface area contributed by atoms with Gasteiger partial charge in [-0.2, -0.15) is 0 Å². The van der Waals surface area contributed by atoms with Gasteiger partial charge in [-0.05, 0) is 42.7 Å². The van der Waals surface area contributed by atoms with E-state index in [-0.39, 0.29) is 12.0 Å². The number of rotatable bonds is 3. The summed E-state index contributed by atoms with van der Waals surface area (Å²) in [6.07, 6.45) is 0.916. The number of hydrogen-bond donors (Lipinski definition) is 0. The second kappa shape index (κ2) is 6.97. The van der Waals surface area contributed by atoms with Crippen LogP contribution in [-0.2, 0) is 11.2 Å². The smallest absolute Gasteiger partial charge is 0.254 e. The zero-order valence-electron chi connectivity index (χ0n) is 13.8. The second-order valence-corrected chi connectivity index (χ2v) is 6.23. The summed E-state index contributed by atoms with van der Waals surface area (Å²) in [4.78, 5) is 14.6. The Labute approximate surface area is 137 Å². The van der Waals surface area contributed by atoms with Crippen molar-refractivity contribution in [2.45, 2.75) is 26.4 Å². The van der Waals surface area contributed by atoms with Gasteiger partial charge in [-0.3, -0.25) is 4.79 Å². The van der Waals surface area contributed by atoms with E-state index in [0.717, 1.165) is 17.5 Å². The lowest BCUT2D eigenvalue weighted by molar-refractivity contribution is -0.0208. The maximum absolute atomic E-state index is 12.7. The Morgan fingerprint density at radius 2 is 1.91 bits per heavy atom. The van der Waals surface area contributed by atoms with Crippen LogP contribution in [-0.4, -0.2) is 36.6 Å². The van der Waals surface area contributed by atoms with Gasteiger partial charge in [-0.25, -0.2) is 0 Å². The molecule has 1 fully saturated rings. The van der Waals surface area contributed by atoms with Crippen LogP contribution in [0.1, 0.15) is 27.0 Å². The number of amides is 1. The molecule has 0 N–H and O–H groups in total. The third kappa shape index (κ3) is 3.80. The zero-order valence-corrected chi connectivity index (χ0v) is 13.8. The van der Waals surface area contributed by atoms with Crippen LogP contribution < -0.4 is 0 Å². The van der Waals surface area contributed by atoms with Crippen LogP contribution in [0.25, 0.3) is 0 Å². The van der Waals surface area contributed by atoms with E-state index < -0.39 is 0 Å². The highest BCUT2D eigenvalue weighted by molar-refractivity contribution is 5.94. The fraction of sp³-hybridized carbons (Fsp3) is 0.350. The number of nitrogens with zero attached hydrogens (tertiary/aromatic N) is 1. The molecule has 0 spiro atoms. The van der Waals surface area contributed by atoms with Gasteiger partial charge in [0.25, 0.3) is 5.91 Å². The lowest BCUT2D eigenvalue weighted by Crippen LogP contribution is -2.46. The minimum absolute atomic E-state index is 0.0710. The van der Waals surface area contributed by atoms with E-state index >= 15 is 0 Å². The summed E-state index contributed by atoms with van der Waals surface area (Å²) >= 11 is 0. The van der Waals surface area contributed by atoms with E-state index in [4.69, 9.17) is 4.74 Å². The fourth-order valence-corrected chi connectivity index (χ4v) is 2.96. The number of hydrogen-bond acceptors (Lipinski definition) is 2. The van der Waals surface area contributed by atoms with Crippen LogP contribution in [0, 0.1) is 13.8 Å². The van der Waals surface area contributed by atoms with Crippen LogP contribution in [0.5, 0.6) is 0 Å². The first-order valence-corrected chi connectivity index (χ1v) is 8.15. The van der Waals surface area contributed by atoms with E-state index in [2.05, 4.69) is 19.1 Å². The third-order valence-electron chi connectivity index (χ3n) is 4.49. The van der Waals surface area contributed by atoms with Crippen molar-refractivity contribution in [2.75, 3.05) is 19.7 Å². The van der Waals surface area contributed by atoms with Crippen molar-refractivity contribution in [2.24, 2.45) is 0 Å². The molecule has 3 heteroatoms. The summed E-state index contributed by atoms with van der Waals surface area (Å²) in [5.41, 5.74) is 4.39. The number of aryl methyl sites for hydroxylation is 2. The van der Waals surface area contributed by atoms with E-state index in [1.165, 1.54) is 11.1 Å². The lowest BCUT2D eigenvalue weighted by Gasteiger charge is -2.33. The van der Waals surface area contributed by atoms with Crippen LogP contribution in [0.2, 0.25) is 0 Å². The monoisotopic (exact) mass is 309 g/mol. The molecule has 3 nitrogen and oxygen atoms in total. The van der Waals surface area contributed by atoms with Crippen LogP contribution in [0.3, 0.4) is 0 Å². The molecule has 23 heavy (non-hydrogen) atoms. The molecule has 0 saturated carbocycles. The molecule has 0 radical (unpaired) electrons. The lowest BCUT2D eigenvalue weighted by atomic mass is 10.0. The normalized spacial score (nSPS) is 18.0. The van der Waals surface area contributed by atoms with E-state index in [0.29, 0.717) is 19.7 Å². The van der Waals surface area contributed by atoms with E-state index in [1.807, 2.05) is 48.2 Å². The van der Waals surface area contributed by atoms with Gasteiger partial charge >= 0.3 is 0 Å². The molecule has 1 atom stereocenters. The molecule has 0 aliphatic carbocycles. The highest BCUT2D eigenvalue weighted by Gasteiger charge is 2.25. The molecule has 1 heterocycles. The molecule has 2 aromatic carbocycles. The molecule has 1 saturated heterocycles. The Morgan fingerprint density at radius 3 is 2.65 bits per heavy atom. The molecule has 1 aliphatic heterocycles. The molecule has 0 bridgehead atoms. The second-order valence-electron chi connectivity index (χ2n) is 6.23. The van der Waals surface area contributed by atoms with Crippen LogP contribution in [0.15, 0.2) is 48.5 Å². The zero-order chi connectivity index (χ0) is 16.2. The molecule has 1 amide bonds. The summed E-state index contributed by atoms with van der Waals surface area (Å²) in [7, 11) is 0. The topological polar surface area (TPSA) is 29.5 Å². The van der Waals surface area contributed by atoms with Gasteiger partial charge in [0.05, 0.1) is 12.7 Å². The largest absolute Gasteiger partial charge is 0.374 e. The summed E-state index contributed by atoms with van der Waals surface area (Å²) in [6, 6.07) is 16.2. The highest BCUT2D eigenvalue weighted by atomic mass is 16.5. The Hall–Kier alpha value is -2.13. The number of carbonyl (C=O) groups is 1. The number of morpholine rings is 1. The third-order valence-corrected chi connectivity index (χ3v) is 4.49. The standard InChI is InChI=1S/C20H23NO2/c1-15-8-9-18(12-16(15)2)20(22)21-10-11-23-19(14-21)13-17-6-4-3-5-7-17/h3-9,12,19H,10-11,13-14H2,1-2H3. The van der Waals surface area contributed by atoms with Crippen molar-refractivity contribution < 1.29 is 9.53 Å². The quantitative estimate of drug-likeness (QED) is 0.870. The Kier molecular flexibility index (Phi) is 4.77. The first-order chi connectivity index (χ1) is 11.1. The highest BCUT2D eigenvalue weighted by Crippen LogP contribution is 2.16. The van der Waals surface area contributed by atoms with Gasteiger partial charge in [-0.15, -0.1) is 0 Å². The van der Waals surface area contributed by atoms with Gasteiger partial charge in [-0.1, -0.05) is 36.4 Å². The van der Waals surface area contributed by atoms with Crippen molar-refractivity contribution in [1.82, 2.24) is 4.90 Å². The Bertz CT molecular complexity index is 681. The van der Waals surface area contributed by atoms with Gasteiger partial charge in [0.15, 0.2) is 0 Å². The summed E-state index contributed by atoms with van der Waals surface area (Å²) < 4.78 is 5.85. The van der Waals surface area contributed by atoms with Crippen molar-refractivity contribution in [3.05, 3.63) is 70.8 Å². The van der Waals surface area contributed by atoms with E-state index in [9.17, 15) is 4.79 Å². The van der Waals surface area contributed by atoms with Gasteiger partial charge < -0.3 is 9.64 Å². The van der Waals surface area contributed by atoms with Crippen molar-refractivity contribution in [1.29, 1.82) is 0 Å². The van der Waals surface area contributed by atoms with Crippen molar-refractivity contribution >= 4 is 5.91 Å². The maximum Gasteiger partial charge on any atom is 0.254 e. The average molecular weight is 309 g/mol. The molecule has 0 aromatic heterocycles. The van der Waals surface area contributed by atoms with Gasteiger partial charge in [0, 0.05) is 25.1 Å². The Balaban J connectivity index is 1.68. The minimum atomic E-state index is 0.0710. The number of ether oxygens (including phenoxy) is 1. The molecule has 1 unspecified atom stereocenters. The molecule has 2 aromatic rings. The summed E-state index contributed by atoms with van der Waals surface area (Å²) in [6.45, 7) is 6.03. The molecule has 120 valence electrons. The Morgan fingerprint density at radius 1 is 1.13 bits per heavy atom. The SMILES string of the molecule is Cc1ccc(C(=O)N2CCOC(Cc3ccccc3)C2)cc1C. The van der Waals surface area contributed by atoms with Crippen molar-refractivity contribution in [3.63, 3.8) is 0 Å². The minimum Gasteiger partial charge on any atom is -0.374 e. The molecule has 1 aliphatic rings. The van der Waals surface area contributed by atoms with Gasteiger partial charge in [0.1, 0.15) is 0 Å². The predicted molar refractivity (Wildman–Crippen MR) is 91.7 cm³/mol. The fourth-order valence-electron chi connectivity index (χ4n) is 2.96.